The van der Waals surface area contributed by atoms with E-state index in [2.05, 4.69) is 50.4 Å². The van der Waals surface area contributed by atoms with Crippen LogP contribution in [0.25, 0.3) is 16.6 Å². The number of nitrogens with one attached hydrogen (secondary N) is 2. The molecule has 10 rings (SSSR count). The van der Waals surface area contributed by atoms with Gasteiger partial charge in [0.2, 0.25) is 5.88 Å². The lowest BCUT2D eigenvalue weighted by molar-refractivity contribution is -0.385. The Morgan fingerprint density at radius 2 is 1.80 bits per heavy atom. The van der Waals surface area contributed by atoms with Gasteiger partial charge in [0, 0.05) is 86.3 Å². The molecule has 0 bridgehead atoms. The van der Waals surface area contributed by atoms with Crippen LogP contribution in [0.15, 0.2) is 83.4 Å². The molecule has 15 nitrogen and oxygen atoms in total. The number of fused-ring (bicyclic) bond motifs is 3. The third-order valence-electron chi connectivity index (χ3n) is 13.5. The summed E-state index contributed by atoms with van der Waals surface area (Å²) in [7, 11) is -4.56. The third-order valence-corrected chi connectivity index (χ3v) is 15.0. The zero-order valence-electron chi connectivity index (χ0n) is 35.9. The van der Waals surface area contributed by atoms with E-state index in [1.807, 2.05) is 41.3 Å². The van der Waals surface area contributed by atoms with Crippen molar-refractivity contribution in [2.24, 2.45) is 5.41 Å². The Bertz CT molecular complexity index is 2800. The van der Waals surface area contributed by atoms with Gasteiger partial charge in [0.15, 0.2) is 0 Å². The van der Waals surface area contributed by atoms with Gasteiger partial charge in [0.1, 0.15) is 11.3 Å². The van der Waals surface area contributed by atoms with E-state index in [1.54, 1.807) is 12.3 Å². The lowest BCUT2D eigenvalue weighted by Crippen LogP contribution is -2.47. The second-order valence-electron chi connectivity index (χ2n) is 18.3. The zero-order chi connectivity index (χ0) is 44.3. The average molecular weight is 907 g/mol. The third kappa shape index (κ3) is 8.33. The highest BCUT2D eigenvalue weighted by molar-refractivity contribution is 7.90. The molecule has 5 aromatic rings. The Morgan fingerprint density at radius 3 is 2.55 bits per heavy atom. The average Bonchev–Trinajstić information content (AvgIpc) is 3.84. The molecule has 0 saturated carbocycles. The molecule has 5 aliphatic rings. The number of H-pyrrole nitrogens is 1. The Balaban J connectivity index is 0.944. The fraction of sp³-hybridized carbons (Fsp3) is 0.404. The molecule has 2 saturated heterocycles. The van der Waals surface area contributed by atoms with Crippen molar-refractivity contribution < 1.29 is 27.6 Å². The Morgan fingerprint density at radius 1 is 1.00 bits per heavy atom. The van der Waals surface area contributed by atoms with E-state index >= 15 is 0 Å². The minimum Gasteiger partial charge on any atom is -0.476 e. The van der Waals surface area contributed by atoms with Crippen LogP contribution in [0, 0.1) is 15.5 Å². The molecular formula is C47H51ClN8O7S. The number of aromatic nitrogens is 2. The van der Waals surface area contributed by atoms with Crippen LogP contribution in [0.2, 0.25) is 5.02 Å². The first-order chi connectivity index (χ1) is 30.8. The normalized spacial score (nSPS) is 19.5. The van der Waals surface area contributed by atoms with Crippen molar-refractivity contribution in [3.8, 4) is 5.88 Å². The van der Waals surface area contributed by atoms with Crippen molar-refractivity contribution in [2.45, 2.75) is 63.6 Å². The molecule has 334 valence electrons. The predicted octanol–water partition coefficient (Wildman–Crippen LogP) is 7.66. The molecule has 4 aliphatic heterocycles. The molecule has 1 aliphatic carbocycles. The Labute approximate surface area is 377 Å². The van der Waals surface area contributed by atoms with E-state index in [1.165, 1.54) is 22.8 Å². The Kier molecular flexibility index (Phi) is 11.1. The van der Waals surface area contributed by atoms with Gasteiger partial charge in [-0.3, -0.25) is 24.7 Å². The molecule has 17 heteroatoms. The predicted molar refractivity (Wildman–Crippen MR) is 246 cm³/mol. The molecule has 1 amide bonds. The van der Waals surface area contributed by atoms with Crippen LogP contribution in [0.1, 0.15) is 66.6 Å². The number of piperazine rings is 1. The number of allylic oxidation sites excluding steroid dienone is 1. The SMILES string of the molecule is CC1(C)CCC(CN2CCN(c3ccc(C(=O)NS(=O)(=O)c4cc5c(c([N+](=O)[O-])c4)CN(C4COC4)C5)c(N4CCCOc5nc6[nH]ccc6cc54)c3)CC2)=C(c2ccc(Cl)cc2)C1. The number of nitro benzene ring substituents is 1. The van der Waals surface area contributed by atoms with Gasteiger partial charge in [-0.25, -0.2) is 13.1 Å². The van der Waals surface area contributed by atoms with Gasteiger partial charge in [0.05, 0.1) is 46.9 Å². The second kappa shape index (κ2) is 16.8. The van der Waals surface area contributed by atoms with Gasteiger partial charge >= 0.3 is 0 Å². The van der Waals surface area contributed by atoms with Crippen molar-refractivity contribution in [1.29, 1.82) is 0 Å². The number of sulfonamides is 1. The first-order valence-corrected chi connectivity index (χ1v) is 23.8. The van der Waals surface area contributed by atoms with Gasteiger partial charge in [-0.2, -0.15) is 4.98 Å². The number of nitrogens with zero attached hydrogens (tertiary/aromatic N) is 6. The molecule has 2 N–H and O–H groups in total. The summed E-state index contributed by atoms with van der Waals surface area (Å²) in [6.45, 7) is 11.3. The molecule has 0 radical (unpaired) electrons. The summed E-state index contributed by atoms with van der Waals surface area (Å²) in [4.78, 5) is 42.6. The summed E-state index contributed by atoms with van der Waals surface area (Å²) in [5.41, 5.74) is 7.94. The fourth-order valence-corrected chi connectivity index (χ4v) is 10.9. The van der Waals surface area contributed by atoms with Crippen LogP contribution in [0.3, 0.4) is 0 Å². The highest BCUT2D eigenvalue weighted by atomic mass is 35.5. The van der Waals surface area contributed by atoms with Crippen LogP contribution >= 0.6 is 11.6 Å². The summed E-state index contributed by atoms with van der Waals surface area (Å²) in [5, 5.41) is 13.9. The number of benzene rings is 3. The zero-order valence-corrected chi connectivity index (χ0v) is 37.5. The molecule has 6 heterocycles. The maximum Gasteiger partial charge on any atom is 0.275 e. The number of carbonyl (C=O) groups is 1. The van der Waals surface area contributed by atoms with Crippen LogP contribution in [-0.2, 0) is 27.8 Å². The van der Waals surface area contributed by atoms with Crippen molar-refractivity contribution in [3.05, 3.63) is 116 Å². The number of halogens is 1. The number of carbonyl (C=O) groups excluding carboxylic acids is 1. The molecule has 2 fully saturated rings. The standard InChI is InChI=1S/C47H51ClN8O7S/c1-47(2)12-10-32(39(24-47)30-4-6-34(48)7-5-30)25-52-15-17-53(18-16-52)35-8-9-38(41(22-35)55-14-3-19-63-46-43(55)21-31-11-13-49-44(31)50-46)45(57)51-64(60,61)37-20-33-26-54(36-28-62-29-36)27-40(33)42(23-37)56(58)59/h4-9,11,13,20-23,36H,3,10,12,14-19,24-29H2,1-2H3,(H,49,50)(H,51,57). The van der Waals surface area contributed by atoms with Crippen LogP contribution in [0.5, 0.6) is 5.88 Å². The van der Waals surface area contributed by atoms with Crippen LogP contribution < -0.4 is 19.3 Å². The van der Waals surface area contributed by atoms with Crippen molar-refractivity contribution >= 4 is 66.9 Å². The number of hydrogen-bond acceptors (Lipinski definition) is 12. The fourth-order valence-electron chi connectivity index (χ4n) is 9.78. The largest absolute Gasteiger partial charge is 0.476 e. The number of aromatic amines is 1. The van der Waals surface area contributed by atoms with E-state index in [0.29, 0.717) is 79.9 Å². The van der Waals surface area contributed by atoms with Gasteiger partial charge in [0.25, 0.3) is 21.6 Å². The summed E-state index contributed by atoms with van der Waals surface area (Å²) in [6, 6.07) is 20.2. The molecule has 0 spiro atoms. The molecule has 2 aromatic heterocycles. The lowest BCUT2D eigenvalue weighted by Gasteiger charge is -2.39. The topological polar surface area (TPSA) is 166 Å². The first kappa shape index (κ1) is 42.4. The van der Waals surface area contributed by atoms with Crippen molar-refractivity contribution in [1.82, 2.24) is 24.5 Å². The van der Waals surface area contributed by atoms with E-state index < -0.39 is 20.9 Å². The summed E-state index contributed by atoms with van der Waals surface area (Å²) < 4.78 is 42.0. The van der Waals surface area contributed by atoms with E-state index in [4.69, 9.17) is 26.1 Å². The number of amides is 1. The highest BCUT2D eigenvalue weighted by Gasteiger charge is 2.37. The van der Waals surface area contributed by atoms with E-state index in [0.717, 1.165) is 74.1 Å². The summed E-state index contributed by atoms with van der Waals surface area (Å²) in [5.74, 6) is -0.456. The number of ether oxygens (including phenoxy) is 2. The maximum atomic E-state index is 14.5. The first-order valence-electron chi connectivity index (χ1n) is 21.9. The summed E-state index contributed by atoms with van der Waals surface area (Å²) >= 11 is 6.27. The molecular weight excluding hydrogens is 856 g/mol. The van der Waals surface area contributed by atoms with E-state index in [9.17, 15) is 23.3 Å². The quantitative estimate of drug-likeness (QED) is 0.104. The minimum absolute atomic E-state index is 0.107. The molecule has 3 aromatic carbocycles. The molecule has 0 unspecified atom stereocenters. The van der Waals surface area contributed by atoms with Gasteiger partial charge in [-0.05, 0) is 96.3 Å². The number of pyridine rings is 1. The monoisotopic (exact) mass is 906 g/mol. The molecule has 64 heavy (non-hydrogen) atoms. The highest BCUT2D eigenvalue weighted by Crippen LogP contribution is 2.44. The number of nitro groups is 1. The van der Waals surface area contributed by atoms with E-state index in [-0.39, 0.29) is 27.6 Å². The van der Waals surface area contributed by atoms with Gasteiger partial charge in [-0.15, -0.1) is 0 Å². The van der Waals surface area contributed by atoms with Gasteiger partial charge < -0.3 is 24.3 Å². The second-order valence-corrected chi connectivity index (χ2v) is 20.5. The van der Waals surface area contributed by atoms with Gasteiger partial charge in [-0.1, -0.05) is 43.2 Å². The lowest BCUT2D eigenvalue weighted by atomic mass is 9.72. The van der Waals surface area contributed by atoms with Crippen molar-refractivity contribution in [2.75, 3.05) is 68.9 Å². The number of anilines is 3. The number of rotatable bonds is 10. The smallest absolute Gasteiger partial charge is 0.275 e. The minimum atomic E-state index is -4.56. The summed E-state index contributed by atoms with van der Waals surface area (Å²) in [6.07, 6.45) is 5.63. The van der Waals surface area contributed by atoms with Crippen LogP contribution in [0.4, 0.5) is 22.7 Å². The number of hydrogen-bond donors (Lipinski definition) is 2. The van der Waals surface area contributed by atoms with Crippen molar-refractivity contribution in [3.63, 3.8) is 0 Å². The molecule has 0 atom stereocenters. The maximum absolute atomic E-state index is 14.5. The Hall–Kier alpha value is -5.52. The van der Waals surface area contributed by atoms with Crippen LogP contribution in [-0.4, -0.2) is 104 Å².